The molecule has 2 N–H and O–H groups in total. The zero-order valence-corrected chi connectivity index (χ0v) is 11.0. The second-order valence-electron chi connectivity index (χ2n) is 4.55. The normalized spacial score (nSPS) is 12.8. The Morgan fingerprint density at radius 3 is 2.65 bits per heavy atom. The molecule has 3 heteroatoms. The Bertz CT molecular complexity index is 326. The smallest absolute Gasteiger partial charge is 0.119 e. The van der Waals surface area contributed by atoms with Crippen molar-refractivity contribution in [2.75, 3.05) is 20.3 Å². The summed E-state index contributed by atoms with van der Waals surface area (Å²) in [6.45, 7) is 5.61. The lowest BCUT2D eigenvalue weighted by atomic mass is 10.1. The van der Waals surface area contributed by atoms with Crippen molar-refractivity contribution in [3.05, 3.63) is 29.8 Å². The van der Waals surface area contributed by atoms with Gasteiger partial charge in [-0.3, -0.25) is 0 Å². The fourth-order valence-corrected chi connectivity index (χ4v) is 1.59. The van der Waals surface area contributed by atoms with E-state index in [9.17, 15) is 0 Å². The molecule has 17 heavy (non-hydrogen) atoms. The molecule has 0 aliphatic rings. The van der Waals surface area contributed by atoms with Gasteiger partial charge in [0, 0.05) is 13.2 Å². The van der Waals surface area contributed by atoms with E-state index >= 15 is 0 Å². The Balaban J connectivity index is 2.59. The molecule has 0 aliphatic carbocycles. The minimum absolute atomic E-state index is 0.0381. The molecule has 0 aliphatic heterocycles. The van der Waals surface area contributed by atoms with Crippen LogP contribution in [-0.4, -0.2) is 20.3 Å². The highest BCUT2D eigenvalue weighted by molar-refractivity contribution is 5.30. The molecule has 0 saturated heterocycles. The number of nitrogens with two attached hydrogens (primary N) is 1. The third kappa shape index (κ3) is 4.75. The van der Waals surface area contributed by atoms with Crippen LogP contribution < -0.4 is 10.5 Å². The minimum Gasteiger partial charge on any atom is -0.497 e. The lowest BCUT2D eigenvalue weighted by Gasteiger charge is -2.17. The molecule has 1 aromatic rings. The summed E-state index contributed by atoms with van der Waals surface area (Å²) >= 11 is 0. The first-order valence-corrected chi connectivity index (χ1v) is 6.13. The van der Waals surface area contributed by atoms with Gasteiger partial charge in [0.2, 0.25) is 0 Å². The summed E-state index contributed by atoms with van der Waals surface area (Å²) < 4.78 is 11.0. The number of hydrogen-bond acceptors (Lipinski definition) is 3. The van der Waals surface area contributed by atoms with Crippen molar-refractivity contribution in [3.63, 3.8) is 0 Å². The average Bonchev–Trinajstić information content (AvgIpc) is 2.34. The van der Waals surface area contributed by atoms with Crippen LogP contribution in [0.1, 0.15) is 31.9 Å². The largest absolute Gasteiger partial charge is 0.497 e. The molecule has 96 valence electrons. The molecule has 1 rings (SSSR count). The van der Waals surface area contributed by atoms with Gasteiger partial charge in [-0.1, -0.05) is 26.0 Å². The molecule has 3 nitrogen and oxygen atoms in total. The van der Waals surface area contributed by atoms with E-state index in [2.05, 4.69) is 13.8 Å². The molecule has 0 amide bonds. The third-order valence-corrected chi connectivity index (χ3v) is 2.69. The maximum Gasteiger partial charge on any atom is 0.119 e. The van der Waals surface area contributed by atoms with Crippen LogP contribution in [0.3, 0.4) is 0 Å². The zero-order chi connectivity index (χ0) is 12.7. The molecule has 0 aromatic heterocycles. The number of benzene rings is 1. The first-order chi connectivity index (χ1) is 8.17. The van der Waals surface area contributed by atoms with Gasteiger partial charge in [-0.05, 0) is 30.0 Å². The van der Waals surface area contributed by atoms with Gasteiger partial charge in [0.25, 0.3) is 0 Å². The molecule has 0 saturated carbocycles. The molecule has 0 spiro atoms. The van der Waals surface area contributed by atoms with Crippen molar-refractivity contribution in [1.29, 1.82) is 0 Å². The Kier molecular flexibility index (Phi) is 6.01. The van der Waals surface area contributed by atoms with Crippen molar-refractivity contribution in [2.45, 2.75) is 26.4 Å². The highest BCUT2D eigenvalue weighted by Crippen LogP contribution is 2.21. The summed E-state index contributed by atoms with van der Waals surface area (Å²) in [5, 5.41) is 0. The van der Waals surface area contributed by atoms with Gasteiger partial charge in [0.15, 0.2) is 0 Å². The van der Waals surface area contributed by atoms with Crippen LogP contribution in [0, 0.1) is 5.92 Å². The highest BCUT2D eigenvalue weighted by atomic mass is 16.5. The van der Waals surface area contributed by atoms with Gasteiger partial charge < -0.3 is 15.2 Å². The third-order valence-electron chi connectivity index (χ3n) is 2.69. The van der Waals surface area contributed by atoms with E-state index in [1.54, 1.807) is 7.11 Å². The van der Waals surface area contributed by atoms with Crippen LogP contribution in [0.15, 0.2) is 24.3 Å². The number of methoxy groups -OCH3 is 1. The fourth-order valence-electron chi connectivity index (χ4n) is 1.59. The van der Waals surface area contributed by atoms with E-state index in [1.807, 2.05) is 24.3 Å². The number of rotatable bonds is 7. The van der Waals surface area contributed by atoms with E-state index in [0.29, 0.717) is 12.5 Å². The van der Waals surface area contributed by atoms with Gasteiger partial charge in [-0.2, -0.15) is 0 Å². The topological polar surface area (TPSA) is 44.5 Å². The average molecular weight is 237 g/mol. The Labute approximate surface area is 104 Å². The minimum atomic E-state index is -0.0381. The Hall–Kier alpha value is -1.06. The van der Waals surface area contributed by atoms with Crippen molar-refractivity contribution >= 4 is 0 Å². The summed E-state index contributed by atoms with van der Waals surface area (Å²) in [4.78, 5) is 0. The molecule has 0 radical (unpaired) electrons. The summed E-state index contributed by atoms with van der Waals surface area (Å²) in [6.07, 6.45) is 1.02. The second kappa shape index (κ2) is 7.30. The van der Waals surface area contributed by atoms with Crippen molar-refractivity contribution in [2.24, 2.45) is 11.7 Å². The SMILES string of the molecule is COc1cccc(C(CN)OCCC(C)C)c1. The molecule has 0 bridgehead atoms. The van der Waals surface area contributed by atoms with Gasteiger partial charge in [-0.15, -0.1) is 0 Å². The lowest BCUT2D eigenvalue weighted by molar-refractivity contribution is 0.0514. The van der Waals surface area contributed by atoms with Gasteiger partial charge in [0.1, 0.15) is 5.75 Å². The predicted octanol–water partition coefficient (Wildman–Crippen LogP) is 2.76. The first-order valence-electron chi connectivity index (χ1n) is 6.13. The number of hydrogen-bond donors (Lipinski definition) is 1. The summed E-state index contributed by atoms with van der Waals surface area (Å²) in [5.74, 6) is 1.49. The summed E-state index contributed by atoms with van der Waals surface area (Å²) in [7, 11) is 1.66. The van der Waals surface area contributed by atoms with Crippen LogP contribution in [0.4, 0.5) is 0 Å². The molecular weight excluding hydrogens is 214 g/mol. The van der Waals surface area contributed by atoms with Crippen molar-refractivity contribution < 1.29 is 9.47 Å². The van der Waals surface area contributed by atoms with Gasteiger partial charge in [0.05, 0.1) is 13.2 Å². The van der Waals surface area contributed by atoms with Crippen LogP contribution >= 0.6 is 0 Å². The van der Waals surface area contributed by atoms with Gasteiger partial charge >= 0.3 is 0 Å². The monoisotopic (exact) mass is 237 g/mol. The molecule has 0 heterocycles. The zero-order valence-electron chi connectivity index (χ0n) is 11.0. The van der Waals surface area contributed by atoms with Crippen LogP contribution in [0.2, 0.25) is 0 Å². The highest BCUT2D eigenvalue weighted by Gasteiger charge is 2.10. The predicted molar refractivity (Wildman–Crippen MR) is 70.2 cm³/mol. The van der Waals surface area contributed by atoms with Crippen LogP contribution in [0.25, 0.3) is 0 Å². The standard InChI is InChI=1S/C14H23NO2/c1-11(2)7-8-17-14(10-15)12-5-4-6-13(9-12)16-3/h4-6,9,11,14H,7-8,10,15H2,1-3H3. The Morgan fingerprint density at radius 1 is 1.29 bits per heavy atom. The van der Waals surface area contributed by atoms with Crippen LogP contribution in [0.5, 0.6) is 5.75 Å². The fraction of sp³-hybridized carbons (Fsp3) is 0.571. The maximum atomic E-state index is 5.81. The lowest BCUT2D eigenvalue weighted by Crippen LogP contribution is -2.17. The number of ether oxygens (including phenoxy) is 2. The first kappa shape index (κ1) is 14.0. The van der Waals surface area contributed by atoms with E-state index in [-0.39, 0.29) is 6.10 Å². The van der Waals surface area contributed by atoms with E-state index in [4.69, 9.17) is 15.2 Å². The van der Waals surface area contributed by atoms with E-state index in [0.717, 1.165) is 24.3 Å². The molecule has 0 fully saturated rings. The summed E-state index contributed by atoms with van der Waals surface area (Å²) in [6, 6.07) is 7.89. The van der Waals surface area contributed by atoms with Gasteiger partial charge in [-0.25, -0.2) is 0 Å². The van der Waals surface area contributed by atoms with E-state index < -0.39 is 0 Å². The molecular formula is C14H23NO2. The maximum absolute atomic E-state index is 5.81. The molecule has 1 atom stereocenters. The molecule has 1 unspecified atom stereocenters. The van der Waals surface area contributed by atoms with Crippen molar-refractivity contribution in [3.8, 4) is 5.75 Å². The quantitative estimate of drug-likeness (QED) is 0.793. The van der Waals surface area contributed by atoms with Crippen LogP contribution in [-0.2, 0) is 4.74 Å². The second-order valence-corrected chi connectivity index (χ2v) is 4.55. The Morgan fingerprint density at radius 2 is 2.06 bits per heavy atom. The van der Waals surface area contributed by atoms with Crippen molar-refractivity contribution in [1.82, 2.24) is 0 Å². The summed E-state index contributed by atoms with van der Waals surface area (Å²) in [5.41, 5.74) is 6.83. The van der Waals surface area contributed by atoms with E-state index in [1.165, 1.54) is 0 Å². The molecule has 1 aromatic carbocycles.